The molecule has 1 amide bonds. The molecule has 0 aromatic heterocycles. The van der Waals surface area contributed by atoms with Gasteiger partial charge in [-0.1, -0.05) is 40.9 Å². The first kappa shape index (κ1) is 22.3. The lowest BCUT2D eigenvalue weighted by atomic mass is 10.1. The molecule has 0 bridgehead atoms. The second-order valence-corrected chi connectivity index (χ2v) is 9.88. The average molecular weight is 478 g/mol. The van der Waals surface area contributed by atoms with Gasteiger partial charge in [-0.25, -0.2) is 8.42 Å². The van der Waals surface area contributed by atoms with Crippen LogP contribution in [0, 0.1) is 0 Å². The van der Waals surface area contributed by atoms with Crippen LogP contribution in [0.25, 0.3) is 0 Å². The minimum atomic E-state index is -3.95. The summed E-state index contributed by atoms with van der Waals surface area (Å²) in [5, 5.41) is 14.1. The third-order valence-electron chi connectivity index (χ3n) is 4.67. The lowest BCUT2D eigenvalue weighted by molar-refractivity contribution is -0.124. The van der Waals surface area contributed by atoms with E-state index in [0.29, 0.717) is 21.5 Å². The van der Waals surface area contributed by atoms with Crippen molar-refractivity contribution in [3.63, 3.8) is 0 Å². The number of aliphatic hydroxyl groups is 1. The number of nitrogens with zero attached hydrogens (tertiary/aromatic N) is 1. The minimum Gasteiger partial charge on any atom is -0.392 e. The van der Waals surface area contributed by atoms with Crippen LogP contribution in [0.4, 0.5) is 0 Å². The summed E-state index contributed by atoms with van der Waals surface area (Å²) in [5.74, 6) is -0.468. The fourth-order valence-electron chi connectivity index (χ4n) is 3.19. The van der Waals surface area contributed by atoms with Gasteiger partial charge in [-0.15, -0.1) is 0 Å². The van der Waals surface area contributed by atoms with E-state index in [1.54, 1.807) is 18.2 Å². The summed E-state index contributed by atoms with van der Waals surface area (Å²) in [6, 6.07) is 9.78. The Hall–Kier alpha value is -1.35. The molecule has 6 nitrogen and oxygen atoms in total. The average Bonchev–Trinajstić information content (AvgIpc) is 3.06. The van der Waals surface area contributed by atoms with Gasteiger partial charge in [-0.2, -0.15) is 4.31 Å². The molecule has 2 unspecified atom stereocenters. The zero-order valence-corrected chi connectivity index (χ0v) is 18.3. The molecule has 0 radical (unpaired) electrons. The highest BCUT2D eigenvalue weighted by atomic mass is 35.5. The van der Waals surface area contributed by atoms with Crippen LogP contribution in [0.3, 0.4) is 0 Å². The van der Waals surface area contributed by atoms with E-state index >= 15 is 0 Å². The Morgan fingerprint density at radius 3 is 2.41 bits per heavy atom. The maximum Gasteiger partial charge on any atom is 0.243 e. The van der Waals surface area contributed by atoms with Gasteiger partial charge in [0.2, 0.25) is 15.9 Å². The summed E-state index contributed by atoms with van der Waals surface area (Å²) in [4.78, 5) is 12.7. The molecule has 2 aromatic carbocycles. The number of nitrogens with one attached hydrogen (secondary N) is 1. The number of carbonyl (C=O) groups excluding carboxylic acids is 1. The van der Waals surface area contributed by atoms with Gasteiger partial charge in [0.15, 0.2) is 0 Å². The molecular weight excluding hydrogens is 459 g/mol. The van der Waals surface area contributed by atoms with E-state index in [1.807, 2.05) is 0 Å². The molecule has 29 heavy (non-hydrogen) atoms. The molecule has 1 aliphatic rings. The maximum atomic E-state index is 12.9. The summed E-state index contributed by atoms with van der Waals surface area (Å²) in [5.41, 5.74) is 0.813. The van der Waals surface area contributed by atoms with Crippen molar-refractivity contribution in [1.82, 2.24) is 9.62 Å². The highest BCUT2D eigenvalue weighted by molar-refractivity contribution is 7.89. The lowest BCUT2D eigenvalue weighted by Gasteiger charge is -2.23. The van der Waals surface area contributed by atoms with Crippen molar-refractivity contribution >= 4 is 50.7 Å². The van der Waals surface area contributed by atoms with Crippen molar-refractivity contribution < 1.29 is 18.3 Å². The van der Waals surface area contributed by atoms with E-state index < -0.39 is 28.1 Å². The molecular formula is C19H19Cl3N2O4S. The number of carbonyl (C=O) groups is 1. The number of halogens is 3. The highest BCUT2D eigenvalue weighted by Crippen LogP contribution is 2.27. The van der Waals surface area contributed by atoms with E-state index in [0.717, 1.165) is 9.87 Å². The molecule has 156 valence electrons. The minimum absolute atomic E-state index is 0.0155. The molecule has 0 spiro atoms. The molecule has 2 aromatic rings. The van der Waals surface area contributed by atoms with Gasteiger partial charge >= 0.3 is 0 Å². The van der Waals surface area contributed by atoms with E-state index in [9.17, 15) is 18.3 Å². The van der Waals surface area contributed by atoms with Crippen LogP contribution in [0.2, 0.25) is 15.1 Å². The number of amides is 1. The Kier molecular flexibility index (Phi) is 7.09. The van der Waals surface area contributed by atoms with E-state index in [1.165, 1.54) is 24.3 Å². The summed E-state index contributed by atoms with van der Waals surface area (Å²) >= 11 is 17.8. The molecule has 3 rings (SSSR count). The monoisotopic (exact) mass is 476 g/mol. The van der Waals surface area contributed by atoms with E-state index in [2.05, 4.69) is 5.32 Å². The summed E-state index contributed by atoms with van der Waals surface area (Å²) in [6.07, 6.45) is -0.431. The first-order valence-electron chi connectivity index (χ1n) is 8.85. The van der Waals surface area contributed by atoms with Gasteiger partial charge in [-0.05, 0) is 48.4 Å². The lowest BCUT2D eigenvalue weighted by Crippen LogP contribution is -2.46. The second kappa shape index (κ2) is 9.20. The largest absolute Gasteiger partial charge is 0.392 e. The zero-order valence-electron chi connectivity index (χ0n) is 15.2. The van der Waals surface area contributed by atoms with Crippen molar-refractivity contribution in [3.8, 4) is 0 Å². The SMILES string of the molecule is O=C(NCCc1ccc(Cl)cc1Cl)C1CC(O)CN1S(=O)(=O)c1ccc(Cl)cc1. The summed E-state index contributed by atoms with van der Waals surface area (Å²) in [7, 11) is -3.95. The van der Waals surface area contributed by atoms with E-state index in [-0.39, 0.29) is 24.4 Å². The Labute approximate surface area is 184 Å². The smallest absolute Gasteiger partial charge is 0.243 e. The first-order chi connectivity index (χ1) is 13.7. The quantitative estimate of drug-likeness (QED) is 0.669. The Bertz CT molecular complexity index is 999. The molecule has 2 atom stereocenters. The number of hydrogen-bond donors (Lipinski definition) is 2. The molecule has 1 heterocycles. The Morgan fingerprint density at radius 2 is 1.76 bits per heavy atom. The van der Waals surface area contributed by atoms with Gasteiger partial charge in [0.25, 0.3) is 0 Å². The van der Waals surface area contributed by atoms with Crippen LogP contribution in [0.15, 0.2) is 47.4 Å². The van der Waals surface area contributed by atoms with Crippen LogP contribution in [-0.2, 0) is 21.2 Å². The molecule has 0 saturated carbocycles. The van der Waals surface area contributed by atoms with Crippen LogP contribution in [-0.4, -0.2) is 49.0 Å². The van der Waals surface area contributed by atoms with Gasteiger partial charge in [0.05, 0.1) is 11.0 Å². The van der Waals surface area contributed by atoms with Crippen LogP contribution >= 0.6 is 34.8 Å². The number of hydrogen-bond acceptors (Lipinski definition) is 4. The summed E-state index contributed by atoms with van der Waals surface area (Å²) < 4.78 is 26.9. The standard InChI is InChI=1S/C19H19Cl3N2O4S/c20-13-3-5-16(6-4-13)29(27,28)24-11-15(25)10-18(24)19(26)23-8-7-12-1-2-14(21)9-17(12)22/h1-6,9,15,18,25H,7-8,10-11H2,(H,23,26). The van der Waals surface area contributed by atoms with Crippen molar-refractivity contribution in [2.45, 2.75) is 29.9 Å². The number of sulfonamides is 1. The van der Waals surface area contributed by atoms with Gasteiger partial charge in [0, 0.05) is 34.6 Å². The predicted molar refractivity (Wildman–Crippen MR) is 113 cm³/mol. The molecule has 10 heteroatoms. The number of β-amino-alcohol motifs (C(OH)–C–C–N with tert-alkyl or cyclic N) is 1. The van der Waals surface area contributed by atoms with Crippen molar-refractivity contribution in [2.75, 3.05) is 13.1 Å². The normalized spacial score (nSPS) is 20.0. The van der Waals surface area contributed by atoms with Crippen LogP contribution in [0.5, 0.6) is 0 Å². The van der Waals surface area contributed by atoms with Crippen molar-refractivity contribution in [3.05, 3.63) is 63.1 Å². The topological polar surface area (TPSA) is 86.7 Å². The Morgan fingerprint density at radius 1 is 1.10 bits per heavy atom. The van der Waals surface area contributed by atoms with Crippen LogP contribution in [0.1, 0.15) is 12.0 Å². The maximum absolute atomic E-state index is 12.9. The number of benzene rings is 2. The molecule has 1 fully saturated rings. The number of rotatable bonds is 6. The first-order valence-corrected chi connectivity index (χ1v) is 11.4. The molecule has 1 saturated heterocycles. The fraction of sp³-hybridized carbons (Fsp3) is 0.316. The second-order valence-electron chi connectivity index (χ2n) is 6.71. The van der Waals surface area contributed by atoms with Crippen molar-refractivity contribution in [2.24, 2.45) is 0 Å². The highest BCUT2D eigenvalue weighted by Gasteiger charge is 2.43. The molecule has 1 aliphatic heterocycles. The van der Waals surface area contributed by atoms with Crippen molar-refractivity contribution in [1.29, 1.82) is 0 Å². The molecule has 0 aliphatic carbocycles. The predicted octanol–water partition coefficient (Wildman–Crippen LogP) is 3.13. The van der Waals surface area contributed by atoms with E-state index in [4.69, 9.17) is 34.8 Å². The fourth-order valence-corrected chi connectivity index (χ4v) is 5.46. The van der Waals surface area contributed by atoms with Gasteiger partial charge < -0.3 is 10.4 Å². The number of aliphatic hydroxyl groups excluding tert-OH is 1. The van der Waals surface area contributed by atoms with Crippen LogP contribution < -0.4 is 5.32 Å². The Balaban J connectivity index is 1.69. The zero-order chi connectivity index (χ0) is 21.2. The van der Waals surface area contributed by atoms with Gasteiger partial charge in [-0.3, -0.25) is 4.79 Å². The molecule has 2 N–H and O–H groups in total. The van der Waals surface area contributed by atoms with Gasteiger partial charge in [0.1, 0.15) is 6.04 Å². The third kappa shape index (κ3) is 5.23. The third-order valence-corrected chi connectivity index (χ3v) is 7.39. The summed E-state index contributed by atoms with van der Waals surface area (Å²) in [6.45, 7) is 0.119.